The van der Waals surface area contributed by atoms with E-state index < -0.39 is 28.1 Å². The van der Waals surface area contributed by atoms with Crippen molar-refractivity contribution in [2.24, 2.45) is 5.10 Å². The van der Waals surface area contributed by atoms with Gasteiger partial charge in [0.25, 0.3) is 11.6 Å². The molecule has 0 saturated carbocycles. The van der Waals surface area contributed by atoms with E-state index in [1.54, 1.807) is 37.3 Å². The third-order valence-corrected chi connectivity index (χ3v) is 4.67. The summed E-state index contributed by atoms with van der Waals surface area (Å²) < 4.78 is 50.6. The lowest BCUT2D eigenvalue weighted by molar-refractivity contribution is -0.384. The van der Waals surface area contributed by atoms with Crippen molar-refractivity contribution in [1.82, 2.24) is 5.43 Å². The molecule has 11 heteroatoms. The lowest BCUT2D eigenvalue weighted by Gasteiger charge is -2.13. The van der Waals surface area contributed by atoms with Crippen LogP contribution in [0.1, 0.15) is 34.0 Å². The monoisotopic (exact) mass is 487 g/mol. The highest BCUT2D eigenvalue weighted by Gasteiger charge is 2.34. The number of nitrogens with one attached hydrogen (secondary N) is 1. The number of nitro benzene ring substituents is 1. The van der Waals surface area contributed by atoms with Crippen molar-refractivity contribution in [2.45, 2.75) is 19.7 Å². The van der Waals surface area contributed by atoms with Crippen LogP contribution in [0.2, 0.25) is 0 Å². The van der Waals surface area contributed by atoms with Crippen molar-refractivity contribution in [3.8, 4) is 11.5 Å². The van der Waals surface area contributed by atoms with Crippen molar-refractivity contribution in [1.29, 1.82) is 0 Å². The van der Waals surface area contributed by atoms with Crippen LogP contribution >= 0.6 is 0 Å². The molecule has 0 aromatic heterocycles. The summed E-state index contributed by atoms with van der Waals surface area (Å²) in [6.07, 6.45) is -3.41. The van der Waals surface area contributed by atoms with Gasteiger partial charge in [0, 0.05) is 12.1 Å². The molecular weight excluding hydrogens is 467 g/mol. The number of hydrogen-bond acceptors (Lipinski definition) is 6. The van der Waals surface area contributed by atoms with Crippen LogP contribution in [0.5, 0.6) is 11.5 Å². The Balaban J connectivity index is 1.68. The summed E-state index contributed by atoms with van der Waals surface area (Å²) in [5.74, 6) is -0.208. The van der Waals surface area contributed by atoms with E-state index >= 15 is 0 Å². The second-order valence-corrected chi connectivity index (χ2v) is 7.09. The van der Waals surface area contributed by atoms with Gasteiger partial charge in [-0.05, 0) is 60.5 Å². The highest BCUT2D eigenvalue weighted by atomic mass is 19.4. The fourth-order valence-electron chi connectivity index (χ4n) is 3.02. The van der Waals surface area contributed by atoms with Crippen molar-refractivity contribution in [3.05, 3.63) is 99.1 Å². The van der Waals surface area contributed by atoms with Crippen LogP contribution < -0.4 is 14.9 Å². The fraction of sp³-hybridized carbons (Fsp3) is 0.167. The molecule has 0 fully saturated rings. The number of amides is 1. The molecule has 0 bridgehead atoms. The van der Waals surface area contributed by atoms with E-state index in [4.69, 9.17) is 9.47 Å². The van der Waals surface area contributed by atoms with Crippen molar-refractivity contribution in [2.75, 3.05) is 6.61 Å². The average Bonchev–Trinajstić information content (AvgIpc) is 2.83. The number of carbonyl (C=O) groups excluding carboxylic acids is 1. The maximum Gasteiger partial charge on any atom is 0.417 e. The zero-order valence-electron chi connectivity index (χ0n) is 18.4. The molecule has 3 aromatic carbocycles. The largest absolute Gasteiger partial charge is 0.490 e. The molecular formula is C24H20F3N3O5. The summed E-state index contributed by atoms with van der Waals surface area (Å²) >= 11 is 0. The van der Waals surface area contributed by atoms with Crippen molar-refractivity contribution in [3.63, 3.8) is 0 Å². The van der Waals surface area contributed by atoms with Gasteiger partial charge in [-0.25, -0.2) is 5.43 Å². The lowest BCUT2D eigenvalue weighted by Crippen LogP contribution is -2.22. The molecule has 0 unspecified atom stereocenters. The first-order valence-corrected chi connectivity index (χ1v) is 10.3. The highest BCUT2D eigenvalue weighted by Crippen LogP contribution is 2.32. The Morgan fingerprint density at radius 2 is 1.77 bits per heavy atom. The first-order chi connectivity index (χ1) is 16.7. The summed E-state index contributed by atoms with van der Waals surface area (Å²) in [5, 5.41) is 14.5. The Morgan fingerprint density at radius 3 is 2.43 bits per heavy atom. The maximum absolute atomic E-state index is 13.1. The van der Waals surface area contributed by atoms with Gasteiger partial charge in [0.05, 0.1) is 28.9 Å². The molecule has 0 saturated heterocycles. The van der Waals surface area contributed by atoms with Gasteiger partial charge in [0.15, 0.2) is 11.5 Å². The van der Waals surface area contributed by atoms with Gasteiger partial charge in [0.2, 0.25) is 0 Å². The van der Waals surface area contributed by atoms with E-state index in [-0.39, 0.29) is 12.3 Å². The van der Waals surface area contributed by atoms with Gasteiger partial charge in [-0.3, -0.25) is 14.9 Å². The zero-order valence-corrected chi connectivity index (χ0v) is 18.4. The topological polar surface area (TPSA) is 103 Å². The van der Waals surface area contributed by atoms with E-state index in [1.807, 2.05) is 0 Å². The molecule has 1 amide bonds. The van der Waals surface area contributed by atoms with Gasteiger partial charge in [-0.15, -0.1) is 0 Å². The molecule has 3 rings (SSSR count). The zero-order chi connectivity index (χ0) is 25.4. The number of rotatable bonds is 9. The number of alkyl halides is 3. The second-order valence-electron chi connectivity index (χ2n) is 7.09. The third-order valence-electron chi connectivity index (χ3n) is 4.67. The minimum absolute atomic E-state index is 0.0265. The van der Waals surface area contributed by atoms with Crippen LogP contribution in [0.15, 0.2) is 71.8 Å². The highest BCUT2D eigenvalue weighted by molar-refractivity contribution is 5.96. The minimum atomic E-state index is -4.67. The Bertz CT molecular complexity index is 1230. The summed E-state index contributed by atoms with van der Waals surface area (Å²) in [4.78, 5) is 22.5. The Kier molecular flexibility index (Phi) is 8.03. The van der Waals surface area contributed by atoms with E-state index in [9.17, 15) is 28.1 Å². The number of carbonyl (C=O) groups is 1. The number of hydrogen-bond donors (Lipinski definition) is 1. The smallest absolute Gasteiger partial charge is 0.417 e. The fourth-order valence-corrected chi connectivity index (χ4v) is 3.02. The van der Waals surface area contributed by atoms with Gasteiger partial charge in [-0.1, -0.05) is 12.1 Å². The van der Waals surface area contributed by atoms with E-state index in [2.05, 4.69) is 10.5 Å². The number of nitro groups is 1. The molecule has 182 valence electrons. The van der Waals surface area contributed by atoms with Crippen LogP contribution in [-0.4, -0.2) is 23.7 Å². The third kappa shape index (κ3) is 6.79. The first-order valence-electron chi connectivity index (χ1n) is 10.3. The number of hydrazone groups is 1. The number of benzene rings is 3. The first kappa shape index (κ1) is 25.2. The van der Waals surface area contributed by atoms with Crippen LogP contribution in [0.4, 0.5) is 18.9 Å². The summed E-state index contributed by atoms with van der Waals surface area (Å²) in [5.41, 5.74) is 1.69. The molecule has 0 aliphatic carbocycles. The maximum atomic E-state index is 13.1. The summed E-state index contributed by atoms with van der Waals surface area (Å²) in [6.45, 7) is 2.25. The van der Waals surface area contributed by atoms with Gasteiger partial charge < -0.3 is 9.47 Å². The molecule has 3 aromatic rings. The average molecular weight is 487 g/mol. The molecule has 8 nitrogen and oxygen atoms in total. The van der Waals surface area contributed by atoms with Crippen LogP contribution in [0.25, 0.3) is 0 Å². The predicted molar refractivity (Wildman–Crippen MR) is 122 cm³/mol. The number of halogens is 3. The minimum Gasteiger partial charge on any atom is -0.490 e. The SMILES string of the molecule is CCOc1cc(/C=N/NC(=O)c2ccccc2C(F)(F)F)ccc1OCc1ccc([N+](=O)[O-])cc1. The van der Waals surface area contributed by atoms with Crippen molar-refractivity contribution >= 4 is 17.8 Å². The second kappa shape index (κ2) is 11.1. The van der Waals surface area contributed by atoms with E-state index in [0.717, 1.165) is 12.1 Å². The lowest BCUT2D eigenvalue weighted by atomic mass is 10.1. The van der Waals surface area contributed by atoms with Crippen LogP contribution in [0, 0.1) is 10.1 Å². The summed E-state index contributed by atoms with van der Waals surface area (Å²) in [7, 11) is 0. The summed E-state index contributed by atoms with van der Waals surface area (Å²) in [6, 6.07) is 15.2. The molecule has 0 radical (unpaired) electrons. The molecule has 35 heavy (non-hydrogen) atoms. The Hall–Kier alpha value is -4.41. The normalized spacial score (nSPS) is 11.3. The standard InChI is InChI=1S/C24H20F3N3O5/c1-2-34-22-13-17(9-12-21(22)35-15-16-7-10-18(11-8-16)30(32)33)14-28-29-23(31)19-5-3-4-6-20(19)24(25,26)27/h3-14H,2,15H2,1H3,(H,29,31)/b28-14+. The van der Waals surface area contributed by atoms with Crippen LogP contribution in [0.3, 0.4) is 0 Å². The molecule has 0 aliphatic rings. The molecule has 1 N–H and O–H groups in total. The molecule has 0 atom stereocenters. The van der Waals surface area contributed by atoms with Crippen LogP contribution in [-0.2, 0) is 12.8 Å². The van der Waals surface area contributed by atoms with Gasteiger partial charge in [-0.2, -0.15) is 18.3 Å². The van der Waals surface area contributed by atoms with E-state index in [0.29, 0.717) is 29.2 Å². The Labute approximate surface area is 198 Å². The molecule has 0 spiro atoms. The molecule has 0 heterocycles. The van der Waals surface area contributed by atoms with Gasteiger partial charge in [0.1, 0.15) is 6.61 Å². The quantitative estimate of drug-likeness (QED) is 0.249. The van der Waals surface area contributed by atoms with Gasteiger partial charge >= 0.3 is 6.18 Å². The predicted octanol–water partition coefficient (Wildman–Crippen LogP) is 5.36. The molecule has 0 aliphatic heterocycles. The number of nitrogens with zero attached hydrogens (tertiary/aromatic N) is 2. The number of non-ortho nitro benzene ring substituents is 1. The Morgan fingerprint density at radius 1 is 1.06 bits per heavy atom. The number of ether oxygens (including phenoxy) is 2. The van der Waals surface area contributed by atoms with E-state index in [1.165, 1.54) is 30.5 Å². The van der Waals surface area contributed by atoms with Crippen molar-refractivity contribution < 1.29 is 32.4 Å².